The zero-order chi connectivity index (χ0) is 13.1. The van der Waals surface area contributed by atoms with Crippen LogP contribution in [0, 0.1) is 0 Å². The molecule has 0 amide bonds. The molecule has 0 aliphatic heterocycles. The Labute approximate surface area is 117 Å². The minimum Gasteiger partial charge on any atom is -0.385 e. The molecule has 4 heteroatoms. The van der Waals surface area contributed by atoms with Gasteiger partial charge in [-0.2, -0.15) is 0 Å². The van der Waals surface area contributed by atoms with Crippen LogP contribution >= 0.6 is 11.6 Å². The molecule has 0 bridgehead atoms. The molecule has 0 atom stereocenters. The molecule has 18 heavy (non-hydrogen) atoms. The summed E-state index contributed by atoms with van der Waals surface area (Å²) < 4.78 is 10.6. The number of ether oxygens (including phenoxy) is 2. The van der Waals surface area contributed by atoms with E-state index in [-0.39, 0.29) is 0 Å². The van der Waals surface area contributed by atoms with Crippen molar-refractivity contribution in [1.29, 1.82) is 0 Å². The Hall–Kier alpha value is 0.170. The van der Waals surface area contributed by atoms with Gasteiger partial charge in [0.15, 0.2) is 0 Å². The molecular formula is C14H28ClNO2. The zero-order valence-corrected chi connectivity index (χ0v) is 12.5. The van der Waals surface area contributed by atoms with Crippen molar-refractivity contribution in [1.82, 2.24) is 4.90 Å². The molecule has 0 saturated heterocycles. The molecule has 0 aromatic carbocycles. The van der Waals surface area contributed by atoms with E-state index in [1.807, 2.05) is 0 Å². The SMILES string of the molecule is COCCCOCCN(CCCl)C1CCCCC1. The second kappa shape index (κ2) is 11.0. The molecule has 0 aromatic heterocycles. The third kappa shape index (κ3) is 6.93. The third-order valence-corrected chi connectivity index (χ3v) is 3.79. The second-order valence-corrected chi connectivity index (χ2v) is 5.35. The first kappa shape index (κ1) is 16.2. The lowest BCUT2D eigenvalue weighted by Gasteiger charge is -2.33. The standard InChI is InChI=1S/C14H28ClNO2/c1-17-11-5-12-18-13-10-16(9-8-15)14-6-3-2-4-7-14/h14H,2-13H2,1H3. The van der Waals surface area contributed by atoms with Gasteiger partial charge in [-0.1, -0.05) is 19.3 Å². The number of alkyl halides is 1. The van der Waals surface area contributed by atoms with Gasteiger partial charge >= 0.3 is 0 Å². The Kier molecular flexibility index (Phi) is 9.95. The number of rotatable bonds is 10. The van der Waals surface area contributed by atoms with Gasteiger partial charge in [0.05, 0.1) is 6.61 Å². The van der Waals surface area contributed by atoms with Crippen LogP contribution in [0.4, 0.5) is 0 Å². The lowest BCUT2D eigenvalue weighted by atomic mass is 9.94. The highest BCUT2D eigenvalue weighted by Crippen LogP contribution is 2.22. The van der Waals surface area contributed by atoms with Crippen LogP contribution < -0.4 is 0 Å². The van der Waals surface area contributed by atoms with Gasteiger partial charge in [0.25, 0.3) is 0 Å². The van der Waals surface area contributed by atoms with Crippen LogP contribution in [0.2, 0.25) is 0 Å². The van der Waals surface area contributed by atoms with Gasteiger partial charge < -0.3 is 9.47 Å². The van der Waals surface area contributed by atoms with Crippen LogP contribution in [0.3, 0.4) is 0 Å². The van der Waals surface area contributed by atoms with Crippen molar-refractivity contribution >= 4 is 11.6 Å². The average Bonchev–Trinajstić information content (AvgIpc) is 2.42. The van der Waals surface area contributed by atoms with E-state index in [0.29, 0.717) is 0 Å². The molecule has 0 N–H and O–H groups in total. The fourth-order valence-corrected chi connectivity index (χ4v) is 2.84. The summed E-state index contributed by atoms with van der Waals surface area (Å²) in [5.41, 5.74) is 0. The molecule has 1 aliphatic rings. The summed E-state index contributed by atoms with van der Waals surface area (Å²) in [6.45, 7) is 4.41. The molecule has 1 aliphatic carbocycles. The molecule has 108 valence electrons. The first-order chi connectivity index (χ1) is 8.88. The van der Waals surface area contributed by atoms with Gasteiger partial charge in [-0.15, -0.1) is 11.6 Å². The first-order valence-electron chi connectivity index (χ1n) is 7.25. The van der Waals surface area contributed by atoms with Gasteiger partial charge in [0.1, 0.15) is 0 Å². The summed E-state index contributed by atoms with van der Waals surface area (Å²) in [5, 5.41) is 0. The highest BCUT2D eigenvalue weighted by atomic mass is 35.5. The van der Waals surface area contributed by atoms with E-state index >= 15 is 0 Å². The van der Waals surface area contributed by atoms with E-state index in [1.54, 1.807) is 7.11 Å². The van der Waals surface area contributed by atoms with Crippen LogP contribution in [0.25, 0.3) is 0 Å². The third-order valence-electron chi connectivity index (χ3n) is 3.62. The number of nitrogens with zero attached hydrogens (tertiary/aromatic N) is 1. The molecule has 3 nitrogen and oxygen atoms in total. The van der Waals surface area contributed by atoms with Gasteiger partial charge in [-0.3, -0.25) is 4.90 Å². The van der Waals surface area contributed by atoms with E-state index < -0.39 is 0 Å². The summed E-state index contributed by atoms with van der Waals surface area (Å²) in [4.78, 5) is 2.52. The molecule has 1 fully saturated rings. The Bertz CT molecular complexity index is 187. The maximum Gasteiger partial charge on any atom is 0.0593 e. The first-order valence-corrected chi connectivity index (χ1v) is 7.78. The summed E-state index contributed by atoms with van der Waals surface area (Å²) in [6.07, 6.45) is 7.80. The fraction of sp³-hybridized carbons (Fsp3) is 1.00. The van der Waals surface area contributed by atoms with Crippen molar-refractivity contribution in [2.75, 3.05) is 45.9 Å². The van der Waals surface area contributed by atoms with Crippen LogP contribution in [0.1, 0.15) is 38.5 Å². The maximum absolute atomic E-state index is 5.90. The molecule has 1 rings (SSSR count). The van der Waals surface area contributed by atoms with Crippen LogP contribution in [-0.4, -0.2) is 56.8 Å². The molecule has 1 saturated carbocycles. The van der Waals surface area contributed by atoms with Gasteiger partial charge in [0, 0.05) is 45.3 Å². The Balaban J connectivity index is 2.12. The molecule has 0 spiro atoms. The smallest absolute Gasteiger partial charge is 0.0593 e. The molecular weight excluding hydrogens is 250 g/mol. The maximum atomic E-state index is 5.90. The number of hydrogen-bond acceptors (Lipinski definition) is 3. The fourth-order valence-electron chi connectivity index (χ4n) is 2.62. The van der Waals surface area contributed by atoms with Gasteiger partial charge in [0.2, 0.25) is 0 Å². The van der Waals surface area contributed by atoms with Crippen LogP contribution in [0.5, 0.6) is 0 Å². The zero-order valence-electron chi connectivity index (χ0n) is 11.7. The lowest BCUT2D eigenvalue weighted by molar-refractivity contribution is 0.0672. The summed E-state index contributed by atoms with van der Waals surface area (Å²) in [7, 11) is 1.73. The Morgan fingerprint density at radius 3 is 2.50 bits per heavy atom. The van der Waals surface area contributed by atoms with Gasteiger partial charge in [-0.05, 0) is 19.3 Å². The minimum atomic E-state index is 0.722. The highest BCUT2D eigenvalue weighted by Gasteiger charge is 2.20. The van der Waals surface area contributed by atoms with Gasteiger partial charge in [-0.25, -0.2) is 0 Å². The Morgan fingerprint density at radius 1 is 1.06 bits per heavy atom. The number of methoxy groups -OCH3 is 1. The van der Waals surface area contributed by atoms with Crippen molar-refractivity contribution < 1.29 is 9.47 Å². The van der Waals surface area contributed by atoms with Crippen molar-refractivity contribution in [3.63, 3.8) is 0 Å². The van der Waals surface area contributed by atoms with Crippen molar-refractivity contribution in [3.8, 4) is 0 Å². The van der Waals surface area contributed by atoms with E-state index in [2.05, 4.69) is 4.90 Å². The normalized spacial score (nSPS) is 17.5. The molecule has 0 radical (unpaired) electrons. The van der Waals surface area contributed by atoms with Crippen LogP contribution in [0.15, 0.2) is 0 Å². The average molecular weight is 278 g/mol. The van der Waals surface area contributed by atoms with E-state index in [1.165, 1.54) is 32.1 Å². The monoisotopic (exact) mass is 277 g/mol. The largest absolute Gasteiger partial charge is 0.385 e. The molecule has 0 heterocycles. The van der Waals surface area contributed by atoms with E-state index in [0.717, 1.165) is 51.3 Å². The quantitative estimate of drug-likeness (QED) is 0.453. The van der Waals surface area contributed by atoms with Crippen molar-refractivity contribution in [2.45, 2.75) is 44.6 Å². The second-order valence-electron chi connectivity index (χ2n) is 4.98. The van der Waals surface area contributed by atoms with Crippen LogP contribution in [-0.2, 0) is 9.47 Å². The Morgan fingerprint density at radius 2 is 1.83 bits per heavy atom. The number of hydrogen-bond donors (Lipinski definition) is 0. The molecule has 0 unspecified atom stereocenters. The minimum absolute atomic E-state index is 0.722. The highest BCUT2D eigenvalue weighted by molar-refractivity contribution is 6.18. The predicted molar refractivity (Wildman–Crippen MR) is 76.5 cm³/mol. The topological polar surface area (TPSA) is 21.7 Å². The lowest BCUT2D eigenvalue weighted by Crippen LogP contribution is -2.40. The van der Waals surface area contributed by atoms with Crippen molar-refractivity contribution in [2.24, 2.45) is 0 Å². The number of halogens is 1. The summed E-state index contributed by atoms with van der Waals surface area (Å²) in [6, 6.07) is 0.736. The van der Waals surface area contributed by atoms with Crippen molar-refractivity contribution in [3.05, 3.63) is 0 Å². The summed E-state index contributed by atoms with van der Waals surface area (Å²) >= 11 is 5.90. The predicted octanol–water partition coefficient (Wildman–Crippen LogP) is 2.91. The van der Waals surface area contributed by atoms with E-state index in [9.17, 15) is 0 Å². The summed E-state index contributed by atoms with van der Waals surface area (Å²) in [5.74, 6) is 0.722. The van der Waals surface area contributed by atoms with E-state index in [4.69, 9.17) is 21.1 Å². The molecule has 0 aromatic rings.